The van der Waals surface area contributed by atoms with Crippen molar-refractivity contribution in [2.45, 2.75) is 13.5 Å². The van der Waals surface area contributed by atoms with Crippen LogP contribution in [0.1, 0.15) is 18.1 Å². The third kappa shape index (κ3) is 4.95. The van der Waals surface area contributed by atoms with E-state index in [0.717, 1.165) is 31.5 Å². The van der Waals surface area contributed by atoms with Gasteiger partial charge in [0.15, 0.2) is 11.5 Å². The lowest BCUT2D eigenvalue weighted by atomic mass is 10.1. The Morgan fingerprint density at radius 3 is 2.66 bits per heavy atom. The molecule has 0 saturated carbocycles. The Morgan fingerprint density at radius 2 is 1.80 bits per heavy atom. The Kier molecular flexibility index (Phi) is 6.85. The van der Waals surface area contributed by atoms with E-state index in [-0.39, 0.29) is 0 Å². The largest absolute Gasteiger partial charge is 0.490 e. The van der Waals surface area contributed by atoms with Crippen LogP contribution in [0.15, 0.2) is 84.0 Å². The molecule has 0 aliphatic carbocycles. The van der Waals surface area contributed by atoms with Gasteiger partial charge in [-0.2, -0.15) is 5.10 Å². The number of para-hydroxylation sites is 2. The maximum absolute atomic E-state index is 6.29. The molecule has 0 amide bonds. The Hall–Kier alpha value is -3.59. The molecular formula is C28H25IN4O2. The average molecular weight is 576 g/mol. The lowest BCUT2D eigenvalue weighted by Gasteiger charge is -2.15. The van der Waals surface area contributed by atoms with E-state index in [1.807, 2.05) is 54.9 Å². The first-order valence-electron chi connectivity index (χ1n) is 11.4. The molecule has 0 atom stereocenters. The van der Waals surface area contributed by atoms with Crippen LogP contribution in [0, 0.1) is 3.57 Å². The molecule has 0 aliphatic heterocycles. The smallest absolute Gasteiger partial charge is 0.224 e. The fourth-order valence-electron chi connectivity index (χ4n) is 4.04. The summed E-state index contributed by atoms with van der Waals surface area (Å²) < 4.78 is 15.2. The molecular weight excluding hydrogens is 551 g/mol. The van der Waals surface area contributed by atoms with Gasteiger partial charge in [-0.05, 0) is 75.7 Å². The number of halogens is 1. The number of rotatable bonds is 8. The van der Waals surface area contributed by atoms with Gasteiger partial charge in [0, 0.05) is 7.05 Å². The standard InChI is InChI=1S/C28H25IN4O2/c1-3-34-26-16-19(17-30-32-28-31-24-13-6-7-14-25(24)33(28)2)15-23(29)27(26)35-18-21-11-8-10-20-9-4-5-12-22(20)21/h4-17H,3,18H2,1-2H3,(H,31,32)/b30-17-. The van der Waals surface area contributed by atoms with Gasteiger partial charge in [0.1, 0.15) is 6.61 Å². The number of hydrazone groups is 1. The number of anilines is 1. The number of hydrogen-bond donors (Lipinski definition) is 1. The van der Waals surface area contributed by atoms with Crippen molar-refractivity contribution >= 4 is 56.6 Å². The summed E-state index contributed by atoms with van der Waals surface area (Å²) in [6, 6.07) is 26.6. The molecule has 6 nitrogen and oxygen atoms in total. The molecule has 1 heterocycles. The molecule has 5 aromatic rings. The summed E-state index contributed by atoms with van der Waals surface area (Å²) in [7, 11) is 1.96. The van der Waals surface area contributed by atoms with Gasteiger partial charge in [0.25, 0.3) is 0 Å². The molecule has 0 spiro atoms. The molecule has 35 heavy (non-hydrogen) atoms. The second-order valence-corrected chi connectivity index (χ2v) is 9.21. The summed E-state index contributed by atoms with van der Waals surface area (Å²) in [5.74, 6) is 2.11. The molecule has 1 aromatic heterocycles. The lowest BCUT2D eigenvalue weighted by molar-refractivity contribution is 0.268. The van der Waals surface area contributed by atoms with Gasteiger partial charge < -0.3 is 14.0 Å². The second kappa shape index (κ2) is 10.4. The monoisotopic (exact) mass is 576 g/mol. The van der Waals surface area contributed by atoms with Crippen LogP contribution in [0.5, 0.6) is 11.5 Å². The molecule has 0 unspecified atom stereocenters. The number of hydrogen-bond acceptors (Lipinski definition) is 5. The fraction of sp³-hybridized carbons (Fsp3) is 0.143. The van der Waals surface area contributed by atoms with Crippen LogP contribution in [0.25, 0.3) is 21.8 Å². The minimum atomic E-state index is 0.457. The van der Waals surface area contributed by atoms with Crippen LogP contribution in [-0.4, -0.2) is 22.4 Å². The van der Waals surface area contributed by atoms with Crippen molar-refractivity contribution in [3.05, 3.63) is 93.6 Å². The molecule has 0 radical (unpaired) electrons. The number of imidazole rings is 1. The van der Waals surface area contributed by atoms with Crippen molar-refractivity contribution in [2.24, 2.45) is 12.1 Å². The normalized spacial score (nSPS) is 11.4. The van der Waals surface area contributed by atoms with Crippen LogP contribution in [-0.2, 0) is 13.7 Å². The van der Waals surface area contributed by atoms with E-state index in [2.05, 4.69) is 80.6 Å². The van der Waals surface area contributed by atoms with Crippen LogP contribution in [0.4, 0.5) is 5.95 Å². The van der Waals surface area contributed by atoms with Gasteiger partial charge in [-0.1, -0.05) is 54.6 Å². The second-order valence-electron chi connectivity index (χ2n) is 8.04. The predicted octanol–water partition coefficient (Wildman–Crippen LogP) is 6.75. The first kappa shape index (κ1) is 23.2. The summed E-state index contributed by atoms with van der Waals surface area (Å²) in [4.78, 5) is 4.59. The maximum Gasteiger partial charge on any atom is 0.224 e. The summed E-state index contributed by atoms with van der Waals surface area (Å²) in [5.41, 5.74) is 7.06. The SMILES string of the molecule is CCOc1cc(/C=N\Nc2nc3ccccc3n2C)cc(I)c1OCc1cccc2ccccc12. The third-order valence-electron chi connectivity index (χ3n) is 5.75. The van der Waals surface area contributed by atoms with Crippen LogP contribution >= 0.6 is 22.6 Å². The topological polar surface area (TPSA) is 60.7 Å². The summed E-state index contributed by atoms with van der Waals surface area (Å²) in [6.07, 6.45) is 1.76. The van der Waals surface area contributed by atoms with Gasteiger partial charge >= 0.3 is 0 Å². The highest BCUT2D eigenvalue weighted by molar-refractivity contribution is 14.1. The number of aromatic nitrogens is 2. The number of fused-ring (bicyclic) bond motifs is 2. The number of benzene rings is 4. The number of ether oxygens (including phenoxy) is 2. The van der Waals surface area contributed by atoms with Gasteiger partial charge in [-0.25, -0.2) is 10.4 Å². The van der Waals surface area contributed by atoms with E-state index in [0.29, 0.717) is 24.9 Å². The molecule has 5 rings (SSSR count). The van der Waals surface area contributed by atoms with E-state index in [1.165, 1.54) is 10.8 Å². The Balaban J connectivity index is 1.36. The summed E-state index contributed by atoms with van der Waals surface area (Å²) in [6.45, 7) is 2.97. The molecule has 0 saturated heterocycles. The average Bonchev–Trinajstić information content (AvgIpc) is 3.19. The zero-order valence-electron chi connectivity index (χ0n) is 19.5. The van der Waals surface area contributed by atoms with E-state index < -0.39 is 0 Å². The first-order chi connectivity index (χ1) is 17.1. The van der Waals surface area contributed by atoms with E-state index in [1.54, 1.807) is 6.21 Å². The van der Waals surface area contributed by atoms with Gasteiger partial charge in [0.2, 0.25) is 5.95 Å². The molecule has 1 N–H and O–H groups in total. The first-order valence-corrected chi connectivity index (χ1v) is 12.5. The Morgan fingerprint density at radius 1 is 1.00 bits per heavy atom. The molecule has 0 aliphatic rings. The molecule has 0 bridgehead atoms. The van der Waals surface area contributed by atoms with E-state index in [9.17, 15) is 0 Å². The van der Waals surface area contributed by atoms with Crippen molar-refractivity contribution in [3.8, 4) is 11.5 Å². The van der Waals surface area contributed by atoms with Gasteiger partial charge in [-0.15, -0.1) is 0 Å². The van der Waals surface area contributed by atoms with Crippen molar-refractivity contribution in [1.82, 2.24) is 9.55 Å². The van der Waals surface area contributed by atoms with Crippen molar-refractivity contribution < 1.29 is 9.47 Å². The van der Waals surface area contributed by atoms with Crippen LogP contribution in [0.2, 0.25) is 0 Å². The Labute approximate surface area is 217 Å². The number of nitrogens with one attached hydrogen (secondary N) is 1. The van der Waals surface area contributed by atoms with Crippen molar-refractivity contribution in [3.63, 3.8) is 0 Å². The minimum Gasteiger partial charge on any atom is -0.490 e. The Bertz CT molecular complexity index is 1520. The van der Waals surface area contributed by atoms with Crippen LogP contribution < -0.4 is 14.9 Å². The predicted molar refractivity (Wildman–Crippen MR) is 151 cm³/mol. The zero-order chi connectivity index (χ0) is 24.2. The summed E-state index contributed by atoms with van der Waals surface area (Å²) in [5, 5.41) is 6.81. The molecule has 176 valence electrons. The third-order valence-corrected chi connectivity index (χ3v) is 6.55. The highest BCUT2D eigenvalue weighted by Gasteiger charge is 2.13. The lowest BCUT2D eigenvalue weighted by Crippen LogP contribution is -2.03. The van der Waals surface area contributed by atoms with Gasteiger partial charge in [0.05, 0.1) is 27.4 Å². The summed E-state index contributed by atoms with van der Waals surface area (Å²) >= 11 is 2.29. The molecule has 0 fully saturated rings. The van der Waals surface area contributed by atoms with Crippen LogP contribution in [0.3, 0.4) is 0 Å². The number of nitrogens with zero attached hydrogens (tertiary/aromatic N) is 3. The maximum atomic E-state index is 6.29. The quantitative estimate of drug-likeness (QED) is 0.126. The highest BCUT2D eigenvalue weighted by atomic mass is 127. The molecule has 4 aromatic carbocycles. The van der Waals surface area contributed by atoms with Gasteiger partial charge in [-0.3, -0.25) is 0 Å². The minimum absolute atomic E-state index is 0.457. The fourth-order valence-corrected chi connectivity index (χ4v) is 4.82. The number of aryl methyl sites for hydroxylation is 1. The van der Waals surface area contributed by atoms with Crippen molar-refractivity contribution in [2.75, 3.05) is 12.0 Å². The van der Waals surface area contributed by atoms with E-state index >= 15 is 0 Å². The molecule has 7 heteroatoms. The van der Waals surface area contributed by atoms with E-state index in [4.69, 9.17) is 9.47 Å². The highest BCUT2D eigenvalue weighted by Crippen LogP contribution is 2.35. The van der Waals surface area contributed by atoms with Crippen molar-refractivity contribution in [1.29, 1.82) is 0 Å². The zero-order valence-corrected chi connectivity index (χ0v) is 21.7.